The van der Waals surface area contributed by atoms with Gasteiger partial charge in [0, 0.05) is 11.6 Å². The lowest BCUT2D eigenvalue weighted by molar-refractivity contribution is 0.106. The Morgan fingerprint density at radius 2 is 2.05 bits per heavy atom. The molecule has 0 heterocycles. The molecule has 0 spiro atoms. The molecule has 3 atom stereocenters. The van der Waals surface area contributed by atoms with E-state index in [0.717, 1.165) is 30.1 Å². The molecule has 3 heteroatoms. The van der Waals surface area contributed by atoms with Gasteiger partial charge in [-0.05, 0) is 36.8 Å². The van der Waals surface area contributed by atoms with E-state index >= 15 is 0 Å². The number of benzene rings is 1. The lowest BCUT2D eigenvalue weighted by Gasteiger charge is -2.21. The van der Waals surface area contributed by atoms with Crippen LogP contribution in [0.3, 0.4) is 0 Å². The van der Waals surface area contributed by atoms with Crippen LogP contribution in [0.5, 0.6) is 11.5 Å². The van der Waals surface area contributed by atoms with Crippen LogP contribution in [0.25, 0.3) is 0 Å². The maximum Gasteiger partial charge on any atom is 0.128 e. The maximum atomic E-state index is 10.6. The molecule has 1 aliphatic rings. The molecule has 1 saturated carbocycles. The van der Waals surface area contributed by atoms with E-state index in [-0.39, 0.29) is 0 Å². The van der Waals surface area contributed by atoms with Gasteiger partial charge in [0.05, 0.1) is 20.3 Å². The minimum Gasteiger partial charge on any atom is -0.497 e. The van der Waals surface area contributed by atoms with Gasteiger partial charge in [-0.2, -0.15) is 0 Å². The minimum absolute atomic E-state index is 0.354. The van der Waals surface area contributed by atoms with Gasteiger partial charge in [-0.3, -0.25) is 0 Å². The first-order valence-electron chi connectivity index (χ1n) is 7.09. The molecule has 2 rings (SSSR count). The van der Waals surface area contributed by atoms with Gasteiger partial charge in [0.2, 0.25) is 0 Å². The first-order chi connectivity index (χ1) is 9.19. The van der Waals surface area contributed by atoms with Crippen LogP contribution < -0.4 is 9.47 Å². The molecule has 0 aromatic heterocycles. The Morgan fingerprint density at radius 1 is 1.26 bits per heavy atom. The average molecular weight is 264 g/mol. The van der Waals surface area contributed by atoms with Crippen molar-refractivity contribution >= 4 is 0 Å². The number of hydrogen-bond donors (Lipinski definition) is 1. The van der Waals surface area contributed by atoms with Crippen molar-refractivity contribution in [2.24, 2.45) is 11.8 Å². The summed E-state index contributed by atoms with van der Waals surface area (Å²) in [6.45, 7) is 2.23. The molecule has 106 valence electrons. The Hall–Kier alpha value is -1.22. The summed E-state index contributed by atoms with van der Waals surface area (Å²) in [7, 11) is 3.27. The van der Waals surface area contributed by atoms with Gasteiger partial charge in [0.1, 0.15) is 11.5 Å². The largest absolute Gasteiger partial charge is 0.497 e. The molecular formula is C16H24O3. The predicted octanol–water partition coefficient (Wildman–Crippen LogP) is 3.56. The third-order valence-electron chi connectivity index (χ3n) is 4.36. The summed E-state index contributed by atoms with van der Waals surface area (Å²) in [6, 6.07) is 5.64. The highest BCUT2D eigenvalue weighted by Gasteiger charge is 2.31. The number of rotatable bonds is 5. The van der Waals surface area contributed by atoms with Gasteiger partial charge in [0.15, 0.2) is 0 Å². The van der Waals surface area contributed by atoms with Crippen molar-refractivity contribution < 1.29 is 14.6 Å². The van der Waals surface area contributed by atoms with Crippen LogP contribution in [0.15, 0.2) is 18.2 Å². The third kappa shape index (κ3) is 3.03. The van der Waals surface area contributed by atoms with E-state index in [9.17, 15) is 5.11 Å². The Balaban J connectivity index is 2.16. The van der Waals surface area contributed by atoms with Crippen molar-refractivity contribution in [1.82, 2.24) is 0 Å². The van der Waals surface area contributed by atoms with E-state index in [2.05, 4.69) is 6.92 Å². The summed E-state index contributed by atoms with van der Waals surface area (Å²) >= 11 is 0. The van der Waals surface area contributed by atoms with Gasteiger partial charge in [0.25, 0.3) is 0 Å². The fraction of sp³-hybridized carbons (Fsp3) is 0.625. The summed E-state index contributed by atoms with van der Waals surface area (Å²) in [6.07, 6.45) is 4.24. The first kappa shape index (κ1) is 14.2. The lowest BCUT2D eigenvalue weighted by Crippen LogP contribution is -2.11. The number of methoxy groups -OCH3 is 2. The maximum absolute atomic E-state index is 10.6. The van der Waals surface area contributed by atoms with Gasteiger partial charge in [-0.25, -0.2) is 0 Å². The summed E-state index contributed by atoms with van der Waals surface area (Å²) in [5.41, 5.74) is 0.880. The van der Waals surface area contributed by atoms with Crippen LogP contribution in [0.4, 0.5) is 0 Å². The molecule has 0 bridgehead atoms. The highest BCUT2D eigenvalue weighted by molar-refractivity contribution is 5.42. The zero-order valence-electron chi connectivity index (χ0n) is 12.1. The van der Waals surface area contributed by atoms with Crippen molar-refractivity contribution in [2.45, 2.75) is 38.7 Å². The van der Waals surface area contributed by atoms with E-state index in [1.807, 2.05) is 18.2 Å². The van der Waals surface area contributed by atoms with Crippen molar-refractivity contribution in [3.63, 3.8) is 0 Å². The standard InChI is InChI=1S/C16H24O3/c1-4-11-5-6-12(9-11)16(17)14-8-7-13(18-2)10-15(14)19-3/h7-8,10-12,16-17H,4-6,9H2,1-3H3. The molecule has 0 radical (unpaired) electrons. The smallest absolute Gasteiger partial charge is 0.128 e. The van der Waals surface area contributed by atoms with E-state index in [0.29, 0.717) is 11.7 Å². The summed E-state index contributed by atoms with van der Waals surface area (Å²) in [5, 5.41) is 10.6. The molecule has 0 saturated heterocycles. The van der Waals surface area contributed by atoms with E-state index < -0.39 is 6.10 Å². The van der Waals surface area contributed by atoms with Crippen molar-refractivity contribution in [2.75, 3.05) is 14.2 Å². The second kappa shape index (κ2) is 6.29. The van der Waals surface area contributed by atoms with E-state index in [4.69, 9.17) is 9.47 Å². The van der Waals surface area contributed by atoms with Crippen LogP contribution >= 0.6 is 0 Å². The van der Waals surface area contributed by atoms with Crippen molar-refractivity contribution in [3.8, 4) is 11.5 Å². The highest BCUT2D eigenvalue weighted by atomic mass is 16.5. The highest BCUT2D eigenvalue weighted by Crippen LogP contribution is 2.43. The molecular weight excluding hydrogens is 240 g/mol. The average Bonchev–Trinajstić information content (AvgIpc) is 2.94. The second-order valence-corrected chi connectivity index (χ2v) is 5.40. The summed E-state index contributed by atoms with van der Waals surface area (Å²) < 4.78 is 10.6. The molecule has 1 fully saturated rings. The van der Waals surface area contributed by atoms with Crippen molar-refractivity contribution in [1.29, 1.82) is 0 Å². The summed E-state index contributed by atoms with van der Waals surface area (Å²) in [5.74, 6) is 2.59. The fourth-order valence-corrected chi connectivity index (χ4v) is 3.09. The van der Waals surface area contributed by atoms with Gasteiger partial charge < -0.3 is 14.6 Å². The van der Waals surface area contributed by atoms with Gasteiger partial charge in [-0.1, -0.05) is 19.8 Å². The number of ether oxygens (including phenoxy) is 2. The number of aliphatic hydroxyl groups excluding tert-OH is 1. The third-order valence-corrected chi connectivity index (χ3v) is 4.36. The molecule has 1 aliphatic carbocycles. The molecule has 0 aliphatic heterocycles. The minimum atomic E-state index is -0.433. The molecule has 1 aromatic rings. The Morgan fingerprint density at radius 3 is 2.63 bits per heavy atom. The van der Waals surface area contributed by atoms with Crippen LogP contribution in [0, 0.1) is 11.8 Å². The quantitative estimate of drug-likeness (QED) is 0.883. The van der Waals surface area contributed by atoms with E-state index in [1.54, 1.807) is 14.2 Å². The molecule has 1 aromatic carbocycles. The first-order valence-corrected chi connectivity index (χ1v) is 7.09. The Bertz CT molecular complexity index is 416. The van der Waals surface area contributed by atoms with E-state index in [1.165, 1.54) is 12.8 Å². The Kier molecular flexibility index (Phi) is 4.70. The van der Waals surface area contributed by atoms with Crippen LogP contribution in [-0.2, 0) is 0 Å². The molecule has 19 heavy (non-hydrogen) atoms. The van der Waals surface area contributed by atoms with Crippen LogP contribution in [0.1, 0.15) is 44.3 Å². The normalized spacial score (nSPS) is 24.2. The van der Waals surface area contributed by atoms with Crippen LogP contribution in [0.2, 0.25) is 0 Å². The monoisotopic (exact) mass is 264 g/mol. The fourth-order valence-electron chi connectivity index (χ4n) is 3.09. The zero-order valence-corrected chi connectivity index (χ0v) is 12.1. The number of aliphatic hydroxyl groups is 1. The molecule has 3 nitrogen and oxygen atoms in total. The SMILES string of the molecule is CCC1CCC(C(O)c2ccc(OC)cc2OC)C1. The van der Waals surface area contributed by atoms with Crippen molar-refractivity contribution in [3.05, 3.63) is 23.8 Å². The lowest BCUT2D eigenvalue weighted by atomic mass is 9.92. The number of hydrogen-bond acceptors (Lipinski definition) is 3. The molecule has 0 amide bonds. The second-order valence-electron chi connectivity index (χ2n) is 5.40. The zero-order chi connectivity index (χ0) is 13.8. The predicted molar refractivity (Wildman–Crippen MR) is 75.6 cm³/mol. The Labute approximate surface area is 115 Å². The van der Waals surface area contributed by atoms with Crippen LogP contribution in [-0.4, -0.2) is 19.3 Å². The molecule has 1 N–H and O–H groups in total. The van der Waals surface area contributed by atoms with Gasteiger partial charge >= 0.3 is 0 Å². The van der Waals surface area contributed by atoms with Gasteiger partial charge in [-0.15, -0.1) is 0 Å². The summed E-state index contributed by atoms with van der Waals surface area (Å²) in [4.78, 5) is 0. The molecule has 3 unspecified atom stereocenters. The topological polar surface area (TPSA) is 38.7 Å².